The van der Waals surface area contributed by atoms with Gasteiger partial charge in [0.1, 0.15) is 5.69 Å². The summed E-state index contributed by atoms with van der Waals surface area (Å²) in [5, 5.41) is 5.88. The van der Waals surface area contributed by atoms with Crippen LogP contribution in [-0.2, 0) is 4.74 Å². The van der Waals surface area contributed by atoms with E-state index in [1.54, 1.807) is 37.3 Å². The van der Waals surface area contributed by atoms with Crippen molar-refractivity contribution in [2.24, 2.45) is 0 Å². The molecule has 0 saturated heterocycles. The third kappa shape index (κ3) is 4.50. The highest BCUT2D eigenvalue weighted by Crippen LogP contribution is 2.18. The lowest BCUT2D eigenvalue weighted by Gasteiger charge is -2.10. The Morgan fingerprint density at radius 2 is 1.75 bits per heavy atom. The number of carbonyl (C=O) groups excluding carboxylic acids is 2. The van der Waals surface area contributed by atoms with Crippen LogP contribution in [-0.4, -0.2) is 29.0 Å². The highest BCUT2D eigenvalue weighted by Gasteiger charge is 2.13. The molecule has 7 heteroatoms. The fourth-order valence-corrected chi connectivity index (χ4v) is 2.61. The van der Waals surface area contributed by atoms with Crippen molar-refractivity contribution in [3.05, 3.63) is 77.1 Å². The topological polar surface area (TPSA) is 93.2 Å². The second-order valence-corrected chi connectivity index (χ2v) is 6.18. The molecule has 0 aliphatic heterocycles. The van der Waals surface area contributed by atoms with Gasteiger partial charge in [-0.3, -0.25) is 4.79 Å². The van der Waals surface area contributed by atoms with E-state index in [9.17, 15) is 9.59 Å². The maximum atomic E-state index is 12.6. The Morgan fingerprint density at radius 3 is 2.50 bits per heavy atom. The summed E-state index contributed by atoms with van der Waals surface area (Å²) in [6, 6.07) is 15.9. The number of hydrogen-bond acceptors (Lipinski definition) is 6. The number of carbonyl (C=O) groups is 2. The predicted molar refractivity (Wildman–Crippen MR) is 107 cm³/mol. The molecule has 3 rings (SSSR count). The molecule has 142 valence electrons. The number of nitrogens with zero attached hydrogens (tertiary/aromatic N) is 2. The summed E-state index contributed by atoms with van der Waals surface area (Å²) in [4.78, 5) is 32.9. The van der Waals surface area contributed by atoms with Gasteiger partial charge in [0.15, 0.2) is 0 Å². The van der Waals surface area contributed by atoms with E-state index in [1.165, 1.54) is 7.11 Å². The molecule has 0 spiro atoms. The summed E-state index contributed by atoms with van der Waals surface area (Å²) in [6.45, 7) is 3.70. The van der Waals surface area contributed by atoms with E-state index in [1.807, 2.05) is 31.2 Å². The largest absolute Gasteiger partial charge is 0.465 e. The molecule has 7 nitrogen and oxygen atoms in total. The van der Waals surface area contributed by atoms with Gasteiger partial charge in [0.2, 0.25) is 5.95 Å². The van der Waals surface area contributed by atoms with Gasteiger partial charge in [0, 0.05) is 17.1 Å². The van der Waals surface area contributed by atoms with Crippen LogP contribution in [0.4, 0.5) is 17.3 Å². The molecule has 2 N–H and O–H groups in total. The molecule has 28 heavy (non-hydrogen) atoms. The van der Waals surface area contributed by atoms with Crippen molar-refractivity contribution in [1.82, 2.24) is 9.97 Å². The van der Waals surface area contributed by atoms with Gasteiger partial charge in [-0.25, -0.2) is 14.8 Å². The number of aromatic nitrogens is 2. The molecule has 1 aromatic heterocycles. The smallest absolute Gasteiger partial charge is 0.337 e. The Hall–Kier alpha value is -3.74. The number of methoxy groups -OCH3 is 1. The second kappa shape index (κ2) is 8.30. The molecule has 0 atom stereocenters. The van der Waals surface area contributed by atoms with Crippen LogP contribution < -0.4 is 10.6 Å². The van der Waals surface area contributed by atoms with E-state index in [0.29, 0.717) is 16.9 Å². The van der Waals surface area contributed by atoms with Gasteiger partial charge in [-0.2, -0.15) is 0 Å². The van der Waals surface area contributed by atoms with Crippen LogP contribution in [0.1, 0.15) is 32.1 Å². The minimum Gasteiger partial charge on any atom is -0.465 e. The highest BCUT2D eigenvalue weighted by atomic mass is 16.5. The normalized spacial score (nSPS) is 10.2. The Morgan fingerprint density at radius 1 is 0.964 bits per heavy atom. The number of aryl methyl sites for hydroxylation is 2. The number of benzene rings is 2. The van der Waals surface area contributed by atoms with Gasteiger partial charge in [-0.15, -0.1) is 0 Å². The molecule has 2 aromatic carbocycles. The zero-order chi connectivity index (χ0) is 20.1. The van der Waals surface area contributed by atoms with Gasteiger partial charge in [-0.05, 0) is 49.7 Å². The van der Waals surface area contributed by atoms with E-state index < -0.39 is 5.97 Å². The fraction of sp³-hybridized carbons (Fsp3) is 0.143. The minimum absolute atomic E-state index is 0.238. The summed E-state index contributed by atoms with van der Waals surface area (Å²) in [5.74, 6) is -0.504. The first-order chi connectivity index (χ1) is 13.5. The average Bonchev–Trinajstić information content (AvgIpc) is 2.69. The van der Waals surface area contributed by atoms with Crippen LogP contribution in [0.3, 0.4) is 0 Å². The van der Waals surface area contributed by atoms with Gasteiger partial charge >= 0.3 is 5.97 Å². The maximum Gasteiger partial charge on any atom is 0.337 e. The number of amides is 1. The van der Waals surface area contributed by atoms with E-state index in [0.717, 1.165) is 11.3 Å². The zero-order valence-electron chi connectivity index (χ0n) is 15.8. The monoisotopic (exact) mass is 376 g/mol. The molecule has 0 bridgehead atoms. The van der Waals surface area contributed by atoms with Crippen LogP contribution in [0.15, 0.2) is 54.6 Å². The lowest BCUT2D eigenvalue weighted by atomic mass is 10.2. The third-order valence-corrected chi connectivity index (χ3v) is 4.02. The predicted octanol–water partition coefficient (Wildman–Crippen LogP) is 3.88. The van der Waals surface area contributed by atoms with E-state index in [4.69, 9.17) is 4.74 Å². The fourth-order valence-electron chi connectivity index (χ4n) is 2.61. The molecule has 0 unspecified atom stereocenters. The quantitative estimate of drug-likeness (QED) is 0.657. The van der Waals surface area contributed by atoms with Crippen molar-refractivity contribution in [2.45, 2.75) is 13.8 Å². The first-order valence-corrected chi connectivity index (χ1v) is 8.64. The third-order valence-electron chi connectivity index (χ3n) is 4.02. The molecule has 1 amide bonds. The molecule has 0 aliphatic carbocycles. The minimum atomic E-state index is -0.438. The number of esters is 1. The summed E-state index contributed by atoms with van der Waals surface area (Å²) >= 11 is 0. The molecule has 1 heterocycles. The van der Waals surface area contributed by atoms with E-state index in [2.05, 4.69) is 20.6 Å². The first kappa shape index (κ1) is 19.0. The van der Waals surface area contributed by atoms with Crippen LogP contribution >= 0.6 is 0 Å². The van der Waals surface area contributed by atoms with Crippen molar-refractivity contribution in [2.75, 3.05) is 17.7 Å². The molecule has 0 aliphatic rings. The Labute approximate surface area is 162 Å². The van der Waals surface area contributed by atoms with Crippen molar-refractivity contribution >= 4 is 29.2 Å². The number of hydrogen-bond donors (Lipinski definition) is 2. The van der Waals surface area contributed by atoms with E-state index in [-0.39, 0.29) is 17.5 Å². The molecular weight excluding hydrogens is 356 g/mol. The molecule has 3 aromatic rings. The lowest BCUT2D eigenvalue weighted by Crippen LogP contribution is -2.16. The Bertz CT molecular complexity index is 1030. The van der Waals surface area contributed by atoms with E-state index >= 15 is 0 Å². The Balaban J connectivity index is 1.83. The van der Waals surface area contributed by atoms with Crippen molar-refractivity contribution < 1.29 is 14.3 Å². The van der Waals surface area contributed by atoms with Crippen molar-refractivity contribution in [1.29, 1.82) is 0 Å². The number of ether oxygens (including phenoxy) is 1. The van der Waals surface area contributed by atoms with Gasteiger partial charge in [0.25, 0.3) is 5.91 Å². The van der Waals surface area contributed by atoms with Gasteiger partial charge in [0.05, 0.1) is 12.7 Å². The number of rotatable bonds is 5. The number of nitrogens with one attached hydrogen (secondary N) is 2. The van der Waals surface area contributed by atoms with Crippen LogP contribution in [0.2, 0.25) is 0 Å². The lowest BCUT2D eigenvalue weighted by molar-refractivity contribution is 0.0600. The van der Waals surface area contributed by atoms with Crippen LogP contribution in [0.25, 0.3) is 0 Å². The SMILES string of the molecule is COC(=O)c1cccc(Nc2nc(C)cc(C(=O)Nc3ccccc3C)n2)c1. The zero-order valence-corrected chi connectivity index (χ0v) is 15.8. The number of anilines is 3. The highest BCUT2D eigenvalue weighted by molar-refractivity contribution is 6.03. The van der Waals surface area contributed by atoms with Crippen LogP contribution in [0.5, 0.6) is 0 Å². The van der Waals surface area contributed by atoms with Gasteiger partial charge in [-0.1, -0.05) is 24.3 Å². The maximum absolute atomic E-state index is 12.6. The molecular formula is C21H20N4O3. The summed E-state index contributed by atoms with van der Waals surface area (Å²) < 4.78 is 4.73. The summed E-state index contributed by atoms with van der Waals surface area (Å²) in [5.41, 5.74) is 3.57. The standard InChI is InChI=1S/C21H20N4O3/c1-13-7-4-5-10-17(13)24-19(26)18-11-14(2)22-21(25-18)23-16-9-6-8-15(12-16)20(27)28-3/h4-12H,1-3H3,(H,24,26)(H,22,23,25). The summed E-state index contributed by atoms with van der Waals surface area (Å²) in [6.07, 6.45) is 0. The average molecular weight is 376 g/mol. The molecule has 0 saturated carbocycles. The second-order valence-electron chi connectivity index (χ2n) is 6.18. The van der Waals surface area contributed by atoms with Crippen molar-refractivity contribution in [3.8, 4) is 0 Å². The molecule has 0 fully saturated rings. The number of para-hydroxylation sites is 1. The first-order valence-electron chi connectivity index (χ1n) is 8.64. The Kier molecular flexibility index (Phi) is 5.64. The van der Waals surface area contributed by atoms with Crippen LogP contribution in [0, 0.1) is 13.8 Å². The van der Waals surface area contributed by atoms with Crippen molar-refractivity contribution in [3.63, 3.8) is 0 Å². The summed E-state index contributed by atoms with van der Waals surface area (Å²) in [7, 11) is 1.32. The van der Waals surface area contributed by atoms with Gasteiger partial charge < -0.3 is 15.4 Å². The molecule has 0 radical (unpaired) electrons.